The summed E-state index contributed by atoms with van der Waals surface area (Å²) in [6.45, 7) is 3.87. The van der Waals surface area contributed by atoms with Gasteiger partial charge >= 0.3 is 6.09 Å². The van der Waals surface area contributed by atoms with Crippen molar-refractivity contribution in [2.45, 2.75) is 12.1 Å². The van der Waals surface area contributed by atoms with Crippen molar-refractivity contribution < 1.29 is 18.7 Å². The van der Waals surface area contributed by atoms with Crippen molar-refractivity contribution in [3.63, 3.8) is 0 Å². The average Bonchev–Trinajstić information content (AvgIpc) is 3.07. The zero-order chi connectivity index (χ0) is 20.1. The number of hydrogen-bond donors (Lipinski definition) is 1. The van der Waals surface area contributed by atoms with E-state index in [0.29, 0.717) is 49.3 Å². The van der Waals surface area contributed by atoms with E-state index in [1.807, 2.05) is 0 Å². The van der Waals surface area contributed by atoms with Gasteiger partial charge in [-0.25, -0.2) is 13.9 Å². The summed E-state index contributed by atoms with van der Waals surface area (Å²) in [6, 6.07) is 5.75. The second-order valence-corrected chi connectivity index (χ2v) is 6.98. The molecule has 2 N–H and O–H groups in total. The van der Waals surface area contributed by atoms with Crippen LogP contribution in [0.4, 0.5) is 9.18 Å². The highest BCUT2D eigenvalue weighted by atomic mass is 32.2. The van der Waals surface area contributed by atoms with Crippen molar-refractivity contribution in [3.05, 3.63) is 30.1 Å². The van der Waals surface area contributed by atoms with Crippen molar-refractivity contribution in [3.8, 4) is 11.4 Å². The number of nitrogens with zero attached hydrogens (tertiary/aromatic N) is 5. The number of amides is 2. The number of halogens is 1. The zero-order valence-electron chi connectivity index (χ0n) is 15.4. The van der Waals surface area contributed by atoms with Gasteiger partial charge in [0, 0.05) is 31.7 Å². The molecule has 1 aromatic heterocycles. The van der Waals surface area contributed by atoms with Gasteiger partial charge in [-0.1, -0.05) is 11.8 Å². The molecule has 28 heavy (non-hydrogen) atoms. The molecule has 0 spiro atoms. The van der Waals surface area contributed by atoms with Crippen LogP contribution in [0.25, 0.3) is 11.4 Å². The summed E-state index contributed by atoms with van der Waals surface area (Å²) in [5, 5.41) is 8.41. The maximum absolute atomic E-state index is 13.1. The summed E-state index contributed by atoms with van der Waals surface area (Å²) in [6.07, 6.45) is -0.353. The summed E-state index contributed by atoms with van der Waals surface area (Å²) in [7, 11) is 0. The van der Waals surface area contributed by atoms with Crippen LogP contribution in [0.5, 0.6) is 0 Å². The van der Waals surface area contributed by atoms with Gasteiger partial charge in [-0.15, -0.1) is 10.2 Å². The van der Waals surface area contributed by atoms with E-state index in [0.717, 1.165) is 0 Å². The molecule has 0 atom stereocenters. The van der Waals surface area contributed by atoms with E-state index in [-0.39, 0.29) is 23.6 Å². The zero-order valence-corrected chi connectivity index (χ0v) is 16.2. The first kappa shape index (κ1) is 19.9. The third-order valence-corrected chi connectivity index (χ3v) is 5.18. The molecule has 1 fully saturated rings. The fraction of sp³-hybridized carbons (Fsp3) is 0.412. The highest BCUT2D eigenvalue weighted by molar-refractivity contribution is 7.99. The molecule has 1 aliphatic heterocycles. The summed E-state index contributed by atoms with van der Waals surface area (Å²) >= 11 is 1.18. The topological polar surface area (TPSA) is 107 Å². The van der Waals surface area contributed by atoms with Crippen molar-refractivity contribution in [1.29, 1.82) is 0 Å². The van der Waals surface area contributed by atoms with E-state index in [9.17, 15) is 14.0 Å². The number of nitrogens with two attached hydrogens (primary N) is 1. The Labute approximate surface area is 165 Å². The van der Waals surface area contributed by atoms with Gasteiger partial charge in [-0.2, -0.15) is 0 Å². The summed E-state index contributed by atoms with van der Waals surface area (Å²) in [5.74, 6) is 6.13. The number of nitrogen functional groups attached to an aromatic ring is 1. The molecule has 11 heteroatoms. The summed E-state index contributed by atoms with van der Waals surface area (Å²) < 4.78 is 19.3. The lowest BCUT2D eigenvalue weighted by molar-refractivity contribution is -0.129. The number of hydrogen-bond acceptors (Lipinski definition) is 7. The Hall–Kier alpha value is -2.82. The number of thioether (sulfide) groups is 1. The van der Waals surface area contributed by atoms with Crippen LogP contribution >= 0.6 is 11.8 Å². The van der Waals surface area contributed by atoms with Crippen molar-refractivity contribution >= 4 is 23.8 Å². The molecule has 1 aliphatic rings. The molecule has 9 nitrogen and oxygen atoms in total. The van der Waals surface area contributed by atoms with Crippen LogP contribution in [0.1, 0.15) is 6.92 Å². The molecule has 0 radical (unpaired) electrons. The lowest BCUT2D eigenvalue weighted by Crippen LogP contribution is -2.51. The minimum absolute atomic E-state index is 0.0696. The highest BCUT2D eigenvalue weighted by Crippen LogP contribution is 2.22. The molecule has 0 bridgehead atoms. The molecule has 2 amide bonds. The quantitative estimate of drug-likeness (QED) is 0.585. The number of carbonyl (C=O) groups is 2. The third-order valence-electron chi connectivity index (χ3n) is 4.25. The van der Waals surface area contributed by atoms with Crippen LogP contribution in [0.3, 0.4) is 0 Å². The monoisotopic (exact) mass is 408 g/mol. The molecule has 0 aliphatic carbocycles. The van der Waals surface area contributed by atoms with Gasteiger partial charge in [0.25, 0.3) is 0 Å². The summed E-state index contributed by atoms with van der Waals surface area (Å²) in [4.78, 5) is 27.4. The Bertz CT molecular complexity index is 836. The Balaban J connectivity index is 1.53. The van der Waals surface area contributed by atoms with E-state index in [1.165, 1.54) is 28.6 Å². The van der Waals surface area contributed by atoms with Gasteiger partial charge in [0.2, 0.25) is 11.1 Å². The fourth-order valence-corrected chi connectivity index (χ4v) is 3.50. The number of benzene rings is 1. The molecule has 3 rings (SSSR count). The third kappa shape index (κ3) is 4.53. The standard InChI is InChI=1S/C17H21FN6O3S/c1-2-27-17(26)23-9-7-22(8-10-23)14(25)11-28-16-21-20-15(24(16)19)12-3-5-13(18)6-4-12/h3-6H,2,7-11,19H2,1H3. The fourth-order valence-electron chi connectivity index (χ4n) is 2.74. The number of aromatic nitrogens is 3. The van der Waals surface area contributed by atoms with E-state index in [4.69, 9.17) is 10.6 Å². The minimum Gasteiger partial charge on any atom is -0.450 e. The van der Waals surface area contributed by atoms with Gasteiger partial charge in [-0.3, -0.25) is 4.79 Å². The Morgan fingerprint density at radius 3 is 2.43 bits per heavy atom. The van der Waals surface area contributed by atoms with Gasteiger partial charge in [-0.05, 0) is 31.2 Å². The Kier molecular flexibility index (Phi) is 6.34. The second kappa shape index (κ2) is 8.91. The molecular formula is C17H21FN6O3S. The van der Waals surface area contributed by atoms with Gasteiger partial charge in [0.1, 0.15) is 5.82 Å². The molecule has 1 aromatic carbocycles. The second-order valence-electron chi connectivity index (χ2n) is 6.04. The summed E-state index contributed by atoms with van der Waals surface area (Å²) in [5.41, 5.74) is 0.629. The van der Waals surface area contributed by atoms with Crippen molar-refractivity contribution in [1.82, 2.24) is 24.7 Å². The Morgan fingerprint density at radius 1 is 1.14 bits per heavy atom. The van der Waals surface area contributed by atoms with E-state index < -0.39 is 0 Å². The van der Waals surface area contributed by atoms with Crippen LogP contribution in [-0.4, -0.2) is 75.2 Å². The number of piperazine rings is 1. The lowest BCUT2D eigenvalue weighted by atomic mass is 10.2. The molecule has 150 valence electrons. The molecule has 2 heterocycles. The van der Waals surface area contributed by atoms with E-state index in [2.05, 4.69) is 10.2 Å². The van der Waals surface area contributed by atoms with Gasteiger partial charge in [0.15, 0.2) is 5.82 Å². The Morgan fingerprint density at radius 2 is 1.79 bits per heavy atom. The first-order valence-corrected chi connectivity index (χ1v) is 9.77. The van der Waals surface area contributed by atoms with Crippen LogP contribution in [0.15, 0.2) is 29.4 Å². The van der Waals surface area contributed by atoms with Gasteiger partial charge < -0.3 is 20.4 Å². The predicted octanol–water partition coefficient (Wildman–Crippen LogP) is 1.19. The largest absolute Gasteiger partial charge is 0.450 e. The molecule has 0 unspecified atom stereocenters. The van der Waals surface area contributed by atoms with Crippen LogP contribution in [0, 0.1) is 5.82 Å². The molecule has 2 aromatic rings. The first-order valence-electron chi connectivity index (χ1n) is 8.78. The van der Waals surface area contributed by atoms with Crippen molar-refractivity contribution in [2.75, 3.05) is 44.4 Å². The van der Waals surface area contributed by atoms with Crippen LogP contribution in [-0.2, 0) is 9.53 Å². The normalized spacial score (nSPS) is 14.2. The van der Waals surface area contributed by atoms with E-state index >= 15 is 0 Å². The molecular weight excluding hydrogens is 387 g/mol. The predicted molar refractivity (Wildman–Crippen MR) is 101 cm³/mol. The maximum Gasteiger partial charge on any atom is 0.409 e. The smallest absolute Gasteiger partial charge is 0.409 e. The van der Waals surface area contributed by atoms with Crippen molar-refractivity contribution in [2.24, 2.45) is 0 Å². The first-order chi connectivity index (χ1) is 13.5. The molecule has 1 saturated heterocycles. The SMILES string of the molecule is CCOC(=O)N1CCN(C(=O)CSc2nnc(-c3ccc(F)cc3)n2N)CC1. The number of carbonyl (C=O) groups excluding carboxylic acids is 2. The number of ether oxygens (including phenoxy) is 1. The number of rotatable bonds is 5. The highest BCUT2D eigenvalue weighted by Gasteiger charge is 2.25. The minimum atomic E-state index is -0.353. The van der Waals surface area contributed by atoms with E-state index in [1.54, 1.807) is 28.9 Å². The molecule has 0 saturated carbocycles. The average molecular weight is 408 g/mol. The van der Waals surface area contributed by atoms with Crippen LogP contribution in [0.2, 0.25) is 0 Å². The maximum atomic E-state index is 13.1. The van der Waals surface area contributed by atoms with Gasteiger partial charge in [0.05, 0.1) is 12.4 Å². The van der Waals surface area contributed by atoms with Crippen LogP contribution < -0.4 is 5.84 Å². The lowest BCUT2D eigenvalue weighted by Gasteiger charge is -2.34.